The molecule has 18 heteroatoms. The Labute approximate surface area is 363 Å². The predicted molar refractivity (Wildman–Crippen MR) is 247 cm³/mol. The summed E-state index contributed by atoms with van der Waals surface area (Å²) >= 11 is 3.33. The van der Waals surface area contributed by atoms with Gasteiger partial charge in [-0.05, 0) is 81.7 Å². The minimum Gasteiger partial charge on any atom is -0.497 e. The predicted octanol–water partition coefficient (Wildman–Crippen LogP) is 8.65. The molecule has 0 aliphatic rings. The lowest BCUT2D eigenvalue weighted by molar-refractivity contribution is 0.0879. The number of methoxy groups -OCH3 is 1. The second-order valence-electron chi connectivity index (χ2n) is 19.4. The number of nitrogens with zero attached hydrogens (tertiary/aromatic N) is 8. The SMILES string of the molecule is CC(C)(C)NC(=O)c1cn(COCC[Si](C)(C)C)c2ncc(Br)nc12.COc1ccc2cnn(-c3cnc4c(n3)c(C(=O)NC(C)(C)C)cn4COCC[Si](C)(C)C)c2c1. The number of amides is 2. The van der Waals surface area contributed by atoms with Gasteiger partial charge in [0.2, 0.25) is 0 Å². The zero-order valence-electron chi connectivity index (χ0n) is 37.4. The van der Waals surface area contributed by atoms with Crippen molar-refractivity contribution < 1.29 is 23.8 Å². The number of hydrogen-bond acceptors (Lipinski definition) is 10. The van der Waals surface area contributed by atoms with Crippen molar-refractivity contribution in [1.82, 2.24) is 49.5 Å². The maximum atomic E-state index is 13.2. The lowest BCUT2D eigenvalue weighted by atomic mass is 10.1. The number of benzene rings is 1. The van der Waals surface area contributed by atoms with Gasteiger partial charge in [-0.1, -0.05) is 39.3 Å². The van der Waals surface area contributed by atoms with E-state index in [-0.39, 0.29) is 22.9 Å². The van der Waals surface area contributed by atoms with Gasteiger partial charge in [0.1, 0.15) is 34.8 Å². The van der Waals surface area contributed by atoms with E-state index in [4.69, 9.17) is 19.2 Å². The summed E-state index contributed by atoms with van der Waals surface area (Å²) in [5.74, 6) is 0.871. The number of aromatic nitrogens is 8. The Kier molecular flexibility index (Phi) is 14.5. The number of carbonyl (C=O) groups is 2. The van der Waals surface area contributed by atoms with Gasteiger partial charge in [-0.25, -0.2) is 24.6 Å². The zero-order chi connectivity index (χ0) is 44.2. The number of carbonyl (C=O) groups excluding carboxylic acids is 2. The summed E-state index contributed by atoms with van der Waals surface area (Å²) < 4.78 is 23.1. The molecule has 6 rings (SSSR count). The largest absolute Gasteiger partial charge is 0.497 e. The quantitative estimate of drug-likeness (QED) is 0.0798. The van der Waals surface area contributed by atoms with Crippen molar-refractivity contribution >= 4 is 77.1 Å². The van der Waals surface area contributed by atoms with Gasteiger partial charge in [0.25, 0.3) is 11.8 Å². The Hall–Kier alpha value is -4.50. The molecule has 0 saturated heterocycles. The average molecular weight is 922 g/mol. The average Bonchev–Trinajstić information content (AvgIpc) is 3.83. The van der Waals surface area contributed by atoms with Crippen molar-refractivity contribution in [2.75, 3.05) is 20.3 Å². The molecule has 1 aromatic carbocycles. The maximum Gasteiger partial charge on any atom is 0.255 e. The molecule has 6 aromatic rings. The van der Waals surface area contributed by atoms with E-state index in [9.17, 15) is 9.59 Å². The fraction of sp³-hybridized carbons (Fsp3) is 0.500. The van der Waals surface area contributed by atoms with Gasteiger partial charge < -0.3 is 34.0 Å². The van der Waals surface area contributed by atoms with Crippen LogP contribution in [-0.2, 0) is 22.9 Å². The molecule has 0 fully saturated rings. The van der Waals surface area contributed by atoms with Crippen LogP contribution < -0.4 is 15.4 Å². The molecule has 0 radical (unpaired) electrons. The molecule has 0 unspecified atom stereocenters. The second-order valence-corrected chi connectivity index (χ2v) is 31.4. The summed E-state index contributed by atoms with van der Waals surface area (Å²) in [5.41, 5.74) is 3.41. The van der Waals surface area contributed by atoms with Crippen LogP contribution in [0.5, 0.6) is 5.75 Å². The standard InChI is InChI=1S/C25H34N6O3Si.C17H27BrN4O2Si/c1-25(2,3)29-24(32)19-15-30(16-34-10-11-35(5,6)7)23-22(19)28-21(14-26-23)31-20-12-18(33-4)9-8-17(20)13-27-31;1-17(2,3)21-16(23)12-10-22(11-24-7-8-25(4,5)6)15-14(12)20-13(18)9-19-15/h8-9,12-15H,10-11,16H2,1-7H3,(H,29,32);9-10H,7-8,11H2,1-6H3,(H,21,23). The molecule has 5 aromatic heterocycles. The van der Waals surface area contributed by atoms with Crippen LogP contribution in [0.25, 0.3) is 39.0 Å². The van der Waals surface area contributed by atoms with Gasteiger partial charge in [-0.3, -0.25) is 9.59 Å². The van der Waals surface area contributed by atoms with Crippen molar-refractivity contribution in [2.24, 2.45) is 0 Å². The van der Waals surface area contributed by atoms with Crippen LogP contribution in [0.1, 0.15) is 62.3 Å². The summed E-state index contributed by atoms with van der Waals surface area (Å²) in [7, 11) is -0.703. The molecule has 0 saturated carbocycles. The summed E-state index contributed by atoms with van der Waals surface area (Å²) in [4.78, 5) is 44.1. The Morgan fingerprint density at radius 1 is 0.733 bits per heavy atom. The molecule has 0 bridgehead atoms. The van der Waals surface area contributed by atoms with Crippen LogP contribution in [0.3, 0.4) is 0 Å². The Morgan fingerprint density at radius 2 is 1.23 bits per heavy atom. The monoisotopic (exact) mass is 920 g/mol. The van der Waals surface area contributed by atoms with Crippen LogP contribution in [-0.4, -0.2) is 98.2 Å². The van der Waals surface area contributed by atoms with Gasteiger partial charge in [0, 0.05) is 64.3 Å². The number of nitrogens with one attached hydrogen (secondary N) is 2. The van der Waals surface area contributed by atoms with Gasteiger partial charge >= 0.3 is 0 Å². The number of hydrogen-bond donors (Lipinski definition) is 2. The zero-order valence-corrected chi connectivity index (χ0v) is 40.9. The van der Waals surface area contributed by atoms with Crippen LogP contribution in [0, 0.1) is 0 Å². The lowest BCUT2D eigenvalue weighted by Gasteiger charge is -2.20. The molecule has 5 heterocycles. The third kappa shape index (κ3) is 12.8. The first-order valence-corrected chi connectivity index (χ1v) is 28.3. The summed E-state index contributed by atoms with van der Waals surface area (Å²) in [6, 6.07) is 7.90. The minimum absolute atomic E-state index is 0.161. The van der Waals surface area contributed by atoms with Crippen molar-refractivity contribution in [1.29, 1.82) is 0 Å². The minimum atomic E-state index is -1.20. The summed E-state index contributed by atoms with van der Waals surface area (Å²) in [6.45, 7) is 27.7. The molecule has 0 spiro atoms. The highest BCUT2D eigenvalue weighted by atomic mass is 79.9. The summed E-state index contributed by atoms with van der Waals surface area (Å²) in [5, 5.41) is 11.5. The van der Waals surface area contributed by atoms with E-state index in [2.05, 4.69) is 85.9 Å². The number of rotatable bonds is 14. The molecule has 15 nitrogen and oxygen atoms in total. The molecule has 0 aliphatic heterocycles. The van der Waals surface area contributed by atoms with Crippen LogP contribution in [0.15, 0.2) is 53.8 Å². The van der Waals surface area contributed by atoms with Crippen molar-refractivity contribution in [3.8, 4) is 11.6 Å². The topological polar surface area (TPSA) is 165 Å². The first kappa shape index (κ1) is 46.6. The smallest absolute Gasteiger partial charge is 0.255 e. The van der Waals surface area contributed by atoms with Crippen LogP contribution in [0.4, 0.5) is 0 Å². The molecular weight excluding hydrogens is 861 g/mol. The molecular formula is C42H61BrN10O5Si2. The molecule has 324 valence electrons. The van der Waals surface area contributed by atoms with Gasteiger partial charge in [-0.2, -0.15) is 5.10 Å². The fourth-order valence-electron chi connectivity index (χ4n) is 5.91. The Balaban J connectivity index is 0.000000241. The number of fused-ring (bicyclic) bond motifs is 3. The van der Waals surface area contributed by atoms with Crippen LogP contribution >= 0.6 is 15.9 Å². The maximum absolute atomic E-state index is 13.2. The number of ether oxygens (including phenoxy) is 3. The van der Waals surface area contributed by atoms with E-state index in [1.165, 1.54) is 0 Å². The fourth-order valence-corrected chi connectivity index (χ4v) is 7.70. The molecule has 2 amide bonds. The third-order valence-corrected chi connectivity index (χ3v) is 12.8. The van der Waals surface area contributed by atoms with E-state index in [1.54, 1.807) is 42.8 Å². The molecule has 0 atom stereocenters. The highest BCUT2D eigenvalue weighted by Gasteiger charge is 2.24. The van der Waals surface area contributed by atoms with E-state index < -0.39 is 16.1 Å². The van der Waals surface area contributed by atoms with E-state index in [1.807, 2.05) is 68.9 Å². The first-order chi connectivity index (χ1) is 27.9. The van der Waals surface area contributed by atoms with Crippen molar-refractivity contribution in [3.63, 3.8) is 0 Å². The van der Waals surface area contributed by atoms with Gasteiger partial charge in [0.05, 0.1) is 42.3 Å². The summed E-state index contributed by atoms with van der Waals surface area (Å²) in [6.07, 6.45) is 8.61. The molecule has 2 N–H and O–H groups in total. The van der Waals surface area contributed by atoms with E-state index >= 15 is 0 Å². The van der Waals surface area contributed by atoms with Crippen molar-refractivity contribution in [3.05, 3.63) is 64.9 Å². The highest BCUT2D eigenvalue weighted by Crippen LogP contribution is 2.26. The van der Waals surface area contributed by atoms with Gasteiger partial charge in [0.15, 0.2) is 17.1 Å². The van der Waals surface area contributed by atoms with E-state index in [0.717, 1.165) is 28.7 Å². The third-order valence-electron chi connectivity index (χ3n) is 9.00. The highest BCUT2D eigenvalue weighted by molar-refractivity contribution is 9.10. The van der Waals surface area contributed by atoms with Gasteiger partial charge in [-0.15, -0.1) is 0 Å². The Morgan fingerprint density at radius 3 is 1.72 bits per heavy atom. The normalized spacial score (nSPS) is 12.5. The number of halogens is 1. The lowest BCUT2D eigenvalue weighted by Crippen LogP contribution is -2.40. The Bertz CT molecular complexity index is 2450. The second kappa shape index (κ2) is 18.6. The first-order valence-electron chi connectivity index (χ1n) is 20.1. The van der Waals surface area contributed by atoms with Crippen LogP contribution in [0.2, 0.25) is 51.4 Å². The molecule has 0 aliphatic carbocycles. The molecule has 60 heavy (non-hydrogen) atoms. The van der Waals surface area contributed by atoms with E-state index in [0.29, 0.717) is 70.6 Å². The van der Waals surface area contributed by atoms with Crippen molar-refractivity contribution in [2.45, 2.75) is 117 Å².